The average Bonchev–Trinajstić information content (AvgIpc) is 3.50. The highest BCUT2D eigenvalue weighted by Crippen LogP contribution is 2.38. The predicted octanol–water partition coefficient (Wildman–Crippen LogP) is 1.44. The van der Waals surface area contributed by atoms with Crippen molar-refractivity contribution >= 4 is 10.0 Å². The van der Waals surface area contributed by atoms with E-state index in [2.05, 4.69) is 15.0 Å². The van der Waals surface area contributed by atoms with Gasteiger partial charge in [0.05, 0.1) is 37.7 Å². The maximum absolute atomic E-state index is 12.8. The SMILES string of the molecule is COc1ccccc1S(=O)(=O)N[C@H]1CC[C@H](CCn2cc(C3CC3)nn2)O[C@H]1CO. The molecule has 0 unspecified atom stereocenters. The molecule has 0 spiro atoms. The van der Waals surface area contributed by atoms with Crippen molar-refractivity contribution in [2.24, 2.45) is 0 Å². The molecule has 1 aromatic heterocycles. The number of para-hydroxylation sites is 1. The Hall–Kier alpha value is -2.01. The van der Waals surface area contributed by atoms with E-state index in [1.165, 1.54) is 26.0 Å². The van der Waals surface area contributed by atoms with Crippen LogP contribution in [0.1, 0.15) is 43.7 Å². The quantitative estimate of drug-likeness (QED) is 0.611. The van der Waals surface area contributed by atoms with E-state index in [4.69, 9.17) is 9.47 Å². The lowest BCUT2D eigenvalue weighted by Gasteiger charge is -2.36. The van der Waals surface area contributed by atoms with Crippen LogP contribution in [0.15, 0.2) is 35.4 Å². The summed E-state index contributed by atoms with van der Waals surface area (Å²) < 4.78 is 41.4. The second-order valence-electron chi connectivity index (χ2n) is 7.90. The van der Waals surface area contributed by atoms with Crippen molar-refractivity contribution in [1.29, 1.82) is 0 Å². The summed E-state index contributed by atoms with van der Waals surface area (Å²) in [7, 11) is -2.37. The van der Waals surface area contributed by atoms with Gasteiger partial charge in [-0.1, -0.05) is 17.3 Å². The highest BCUT2D eigenvalue weighted by molar-refractivity contribution is 7.89. The molecule has 2 fully saturated rings. The third-order valence-corrected chi connectivity index (χ3v) is 7.22. The topological polar surface area (TPSA) is 116 Å². The molecule has 3 atom stereocenters. The molecular formula is C20H28N4O5S. The third-order valence-electron chi connectivity index (χ3n) is 5.69. The Balaban J connectivity index is 1.34. The number of aliphatic hydroxyl groups excluding tert-OH is 1. The smallest absolute Gasteiger partial charge is 0.244 e. The van der Waals surface area contributed by atoms with Crippen LogP contribution in [-0.2, 0) is 21.3 Å². The number of benzene rings is 1. The molecule has 1 aliphatic carbocycles. The van der Waals surface area contributed by atoms with Gasteiger partial charge in [-0.2, -0.15) is 0 Å². The van der Waals surface area contributed by atoms with Crippen molar-refractivity contribution in [1.82, 2.24) is 19.7 Å². The first kappa shape index (κ1) is 21.2. The highest BCUT2D eigenvalue weighted by Gasteiger charge is 2.34. The first-order valence-corrected chi connectivity index (χ1v) is 11.8. The normalized spacial score (nSPS) is 24.7. The van der Waals surface area contributed by atoms with E-state index in [-0.39, 0.29) is 23.4 Å². The summed E-state index contributed by atoms with van der Waals surface area (Å²) in [5, 5.41) is 18.2. The number of sulfonamides is 1. The van der Waals surface area contributed by atoms with E-state index in [0.29, 0.717) is 25.3 Å². The van der Waals surface area contributed by atoms with Gasteiger partial charge in [0.25, 0.3) is 0 Å². The van der Waals surface area contributed by atoms with Crippen molar-refractivity contribution in [2.75, 3.05) is 13.7 Å². The minimum absolute atomic E-state index is 0.0669. The zero-order valence-corrected chi connectivity index (χ0v) is 17.8. The van der Waals surface area contributed by atoms with Crippen LogP contribution >= 0.6 is 0 Å². The number of nitrogens with one attached hydrogen (secondary N) is 1. The lowest BCUT2D eigenvalue weighted by Crippen LogP contribution is -2.51. The van der Waals surface area contributed by atoms with Gasteiger partial charge in [-0.3, -0.25) is 4.68 Å². The molecule has 30 heavy (non-hydrogen) atoms. The largest absolute Gasteiger partial charge is 0.495 e. The molecule has 164 valence electrons. The summed E-state index contributed by atoms with van der Waals surface area (Å²) in [6, 6.07) is 5.95. The van der Waals surface area contributed by atoms with Crippen LogP contribution in [0.4, 0.5) is 0 Å². The maximum Gasteiger partial charge on any atom is 0.244 e. The van der Waals surface area contributed by atoms with Crippen molar-refractivity contribution in [3.63, 3.8) is 0 Å². The Kier molecular flexibility index (Phi) is 6.37. The fourth-order valence-corrected chi connectivity index (χ4v) is 5.32. The highest BCUT2D eigenvalue weighted by atomic mass is 32.2. The summed E-state index contributed by atoms with van der Waals surface area (Å²) in [4.78, 5) is 0.0731. The summed E-state index contributed by atoms with van der Waals surface area (Å²) in [5.74, 6) is 0.846. The number of aromatic nitrogens is 3. The Morgan fingerprint density at radius 3 is 2.80 bits per heavy atom. The molecule has 2 heterocycles. The Bertz CT molecular complexity index is 960. The van der Waals surface area contributed by atoms with Gasteiger partial charge in [-0.05, 0) is 44.2 Å². The fourth-order valence-electron chi connectivity index (χ4n) is 3.85. The maximum atomic E-state index is 12.8. The molecule has 2 aliphatic rings. The van der Waals surface area contributed by atoms with Gasteiger partial charge < -0.3 is 14.6 Å². The lowest BCUT2D eigenvalue weighted by atomic mass is 9.98. The van der Waals surface area contributed by atoms with E-state index in [0.717, 1.165) is 12.1 Å². The van der Waals surface area contributed by atoms with Gasteiger partial charge in [0.1, 0.15) is 10.6 Å². The van der Waals surface area contributed by atoms with E-state index in [1.807, 2.05) is 10.9 Å². The minimum atomic E-state index is -3.81. The van der Waals surface area contributed by atoms with Crippen LogP contribution in [0.3, 0.4) is 0 Å². The van der Waals surface area contributed by atoms with Crippen molar-refractivity contribution in [3.05, 3.63) is 36.2 Å². The predicted molar refractivity (Wildman–Crippen MR) is 109 cm³/mol. The number of aryl methyl sites for hydroxylation is 1. The third kappa shape index (κ3) is 4.83. The average molecular weight is 437 g/mol. The molecule has 4 rings (SSSR count). The zero-order chi connectivity index (χ0) is 21.1. The molecule has 1 aromatic carbocycles. The van der Waals surface area contributed by atoms with Gasteiger partial charge in [0.2, 0.25) is 10.0 Å². The van der Waals surface area contributed by atoms with Crippen LogP contribution < -0.4 is 9.46 Å². The van der Waals surface area contributed by atoms with Crippen LogP contribution in [0.25, 0.3) is 0 Å². The number of methoxy groups -OCH3 is 1. The van der Waals surface area contributed by atoms with Gasteiger partial charge >= 0.3 is 0 Å². The summed E-state index contributed by atoms with van der Waals surface area (Å²) in [5.41, 5.74) is 1.05. The Morgan fingerprint density at radius 1 is 1.27 bits per heavy atom. The Morgan fingerprint density at radius 2 is 2.07 bits per heavy atom. The van der Waals surface area contributed by atoms with Crippen molar-refractivity contribution < 1.29 is 23.0 Å². The first-order valence-electron chi connectivity index (χ1n) is 10.3. The molecule has 0 bridgehead atoms. The van der Waals surface area contributed by atoms with E-state index in [1.54, 1.807) is 18.2 Å². The molecule has 0 amide bonds. The monoisotopic (exact) mass is 436 g/mol. The fraction of sp³-hybridized carbons (Fsp3) is 0.600. The molecular weight excluding hydrogens is 408 g/mol. The first-order chi connectivity index (χ1) is 14.5. The van der Waals surface area contributed by atoms with E-state index >= 15 is 0 Å². The van der Waals surface area contributed by atoms with E-state index in [9.17, 15) is 13.5 Å². The second-order valence-corrected chi connectivity index (χ2v) is 9.59. The standard InChI is InChI=1S/C20H28N4O5S/c1-28-18-4-2-3-5-20(18)30(26,27)22-16-9-8-15(29-19(16)13-25)10-11-24-12-17(21-23-24)14-6-7-14/h2-5,12,14-16,19,22,25H,6-11,13H2,1H3/t15-,16+,19+/m1/s1. The van der Waals surface area contributed by atoms with Crippen LogP contribution in [0, 0.1) is 0 Å². The number of aliphatic hydroxyl groups is 1. The summed E-state index contributed by atoms with van der Waals surface area (Å²) in [6.07, 6.45) is 5.70. The van der Waals surface area contributed by atoms with Crippen LogP contribution in [0.2, 0.25) is 0 Å². The zero-order valence-electron chi connectivity index (χ0n) is 17.0. The van der Waals surface area contributed by atoms with Crippen molar-refractivity contribution in [3.8, 4) is 5.75 Å². The molecule has 1 saturated carbocycles. The summed E-state index contributed by atoms with van der Waals surface area (Å²) in [6.45, 7) is 0.422. The van der Waals surface area contributed by atoms with E-state index < -0.39 is 22.2 Å². The van der Waals surface area contributed by atoms with Crippen LogP contribution in [0.5, 0.6) is 5.75 Å². The van der Waals surface area contributed by atoms with Gasteiger partial charge in [0.15, 0.2) is 0 Å². The molecule has 1 aliphatic heterocycles. The van der Waals surface area contributed by atoms with Crippen molar-refractivity contribution in [2.45, 2.75) is 67.7 Å². The number of rotatable bonds is 9. The van der Waals surface area contributed by atoms with Gasteiger partial charge in [-0.15, -0.1) is 5.10 Å². The minimum Gasteiger partial charge on any atom is -0.495 e. The van der Waals surface area contributed by atoms with Gasteiger partial charge in [0, 0.05) is 18.7 Å². The number of hydrogen-bond donors (Lipinski definition) is 2. The van der Waals surface area contributed by atoms with Gasteiger partial charge in [-0.25, -0.2) is 13.1 Å². The molecule has 9 nitrogen and oxygen atoms in total. The lowest BCUT2D eigenvalue weighted by molar-refractivity contribution is -0.0891. The molecule has 10 heteroatoms. The summed E-state index contributed by atoms with van der Waals surface area (Å²) >= 11 is 0. The van der Waals surface area contributed by atoms with Crippen LogP contribution in [-0.4, -0.2) is 60.5 Å². The molecule has 0 radical (unpaired) electrons. The number of hydrogen-bond acceptors (Lipinski definition) is 7. The second kappa shape index (κ2) is 9.01. The number of nitrogens with zero attached hydrogens (tertiary/aromatic N) is 3. The molecule has 1 saturated heterocycles. The Labute approximate surface area is 176 Å². The molecule has 2 N–H and O–H groups in total. The molecule has 2 aromatic rings. The number of ether oxygens (including phenoxy) is 2.